The second-order valence-corrected chi connectivity index (χ2v) is 17.8. The first kappa shape index (κ1) is 41.5. The number of ketones is 1. The Morgan fingerprint density at radius 1 is 0.823 bits per heavy atom. The number of aromatic amines is 2. The highest BCUT2D eigenvalue weighted by atomic mass is 16.6. The Morgan fingerprint density at radius 2 is 1.52 bits per heavy atom. The normalized spacial score (nSPS) is 21.8. The topological polar surface area (TPSA) is 195 Å². The summed E-state index contributed by atoms with van der Waals surface area (Å²) in [7, 11) is 2.67. The van der Waals surface area contributed by atoms with E-state index in [-0.39, 0.29) is 53.5 Å². The number of amides is 3. The predicted octanol–water partition coefficient (Wildman–Crippen LogP) is 6.46. The third kappa shape index (κ3) is 7.25. The van der Waals surface area contributed by atoms with Gasteiger partial charge in [-0.1, -0.05) is 58.0 Å². The van der Waals surface area contributed by atoms with Crippen LogP contribution in [0.15, 0.2) is 60.8 Å². The first-order chi connectivity index (χ1) is 29.8. The number of carbonyl (C=O) groups is 4. The summed E-state index contributed by atoms with van der Waals surface area (Å²) in [6.45, 7) is 8.27. The number of nitrogens with one attached hydrogen (secondary N) is 4. The van der Waals surface area contributed by atoms with Crippen molar-refractivity contribution in [2.45, 2.75) is 96.4 Å². The molecular formula is C47H54N8O7. The Bertz CT molecular complexity index is 2560. The third-order valence-corrected chi connectivity index (χ3v) is 13.4. The molecule has 3 amide bonds. The molecule has 324 valence electrons. The van der Waals surface area contributed by atoms with Crippen LogP contribution in [0.25, 0.3) is 44.5 Å². The van der Waals surface area contributed by atoms with Gasteiger partial charge in [0.05, 0.1) is 48.2 Å². The van der Waals surface area contributed by atoms with Crippen molar-refractivity contribution in [3.05, 3.63) is 83.6 Å². The molecule has 5 N–H and O–H groups in total. The molecule has 0 radical (unpaired) electrons. The largest absolute Gasteiger partial charge is 0.453 e. The van der Waals surface area contributed by atoms with E-state index in [4.69, 9.17) is 19.4 Å². The lowest BCUT2D eigenvalue weighted by Crippen LogP contribution is -2.54. The highest BCUT2D eigenvalue weighted by Gasteiger charge is 2.51. The second-order valence-electron chi connectivity index (χ2n) is 17.8. The van der Waals surface area contributed by atoms with E-state index in [1.807, 2.05) is 92.1 Å². The minimum absolute atomic E-state index is 0.0520. The summed E-state index contributed by atoms with van der Waals surface area (Å²) in [6.07, 6.45) is 4.29. The summed E-state index contributed by atoms with van der Waals surface area (Å²) in [4.78, 5) is 74.5. The molecular weight excluding hydrogens is 789 g/mol. The van der Waals surface area contributed by atoms with Gasteiger partial charge in [-0.3, -0.25) is 19.7 Å². The number of alkyl carbamates (subject to hydrolysis) is 1. The van der Waals surface area contributed by atoms with Crippen molar-refractivity contribution >= 4 is 34.7 Å². The Hall–Kier alpha value is -5.90. The Labute approximate surface area is 360 Å². The number of benzene rings is 3. The van der Waals surface area contributed by atoms with Crippen LogP contribution in [0.2, 0.25) is 0 Å². The van der Waals surface area contributed by atoms with E-state index in [0.29, 0.717) is 23.5 Å². The van der Waals surface area contributed by atoms with Gasteiger partial charge in [-0.15, -0.1) is 0 Å². The maximum Gasteiger partial charge on any atom is 0.407 e. The molecule has 5 aromatic rings. The molecule has 4 aliphatic rings. The number of fused-ring (bicyclic) bond motifs is 6. The highest BCUT2D eigenvalue weighted by Crippen LogP contribution is 2.50. The van der Waals surface area contributed by atoms with Gasteiger partial charge in [0.2, 0.25) is 18.2 Å². The molecule has 2 saturated heterocycles. The highest BCUT2D eigenvalue weighted by molar-refractivity contribution is 6.22. The molecule has 4 heterocycles. The number of nitrogens with zero attached hydrogens (tertiary/aromatic N) is 4. The van der Waals surface area contributed by atoms with Crippen molar-refractivity contribution < 1.29 is 33.8 Å². The summed E-state index contributed by atoms with van der Waals surface area (Å²) in [5.74, 6) is 1.19. The fourth-order valence-electron chi connectivity index (χ4n) is 10.2. The minimum atomic E-state index is -1.25. The van der Waals surface area contributed by atoms with Crippen LogP contribution >= 0.6 is 0 Å². The number of methoxy groups -OCH3 is 2. The molecule has 7 atom stereocenters. The number of carbonyl (C=O) groups excluding carboxylic acids is 4. The number of H-pyrrole nitrogens is 2. The van der Waals surface area contributed by atoms with Gasteiger partial charge >= 0.3 is 6.09 Å². The fourth-order valence-corrected chi connectivity index (χ4v) is 10.2. The van der Waals surface area contributed by atoms with E-state index in [2.05, 4.69) is 20.6 Å². The van der Waals surface area contributed by atoms with Crippen LogP contribution in [0.3, 0.4) is 0 Å². The molecule has 1 unspecified atom stereocenters. The predicted molar refractivity (Wildman–Crippen MR) is 231 cm³/mol. The molecule has 9 rings (SSSR count). The van der Waals surface area contributed by atoms with Crippen LogP contribution in [-0.2, 0) is 19.1 Å². The van der Waals surface area contributed by atoms with Gasteiger partial charge in [0.15, 0.2) is 5.78 Å². The maximum absolute atomic E-state index is 14.1. The number of likely N-dealkylation sites (tertiary alicyclic amines) is 2. The zero-order valence-electron chi connectivity index (χ0n) is 35.9. The van der Waals surface area contributed by atoms with Gasteiger partial charge in [0.25, 0.3) is 0 Å². The number of aliphatic hydroxyl groups excluding tert-OH is 1. The van der Waals surface area contributed by atoms with Gasteiger partial charge < -0.3 is 39.7 Å². The van der Waals surface area contributed by atoms with Crippen molar-refractivity contribution in [1.29, 1.82) is 0 Å². The fraction of sp³-hybridized carbons (Fsp3) is 0.447. The van der Waals surface area contributed by atoms with Gasteiger partial charge in [-0.2, -0.15) is 0 Å². The lowest BCUT2D eigenvalue weighted by Gasteiger charge is -2.37. The molecule has 62 heavy (non-hydrogen) atoms. The van der Waals surface area contributed by atoms with Crippen molar-refractivity contribution in [3.63, 3.8) is 0 Å². The summed E-state index contributed by atoms with van der Waals surface area (Å²) in [5, 5.41) is 15.7. The first-order valence-electron chi connectivity index (χ1n) is 21.7. The van der Waals surface area contributed by atoms with Gasteiger partial charge in [0, 0.05) is 36.4 Å². The Morgan fingerprint density at radius 3 is 2.23 bits per heavy atom. The quantitative estimate of drug-likeness (QED) is 0.0854. The molecule has 2 aliphatic carbocycles. The van der Waals surface area contributed by atoms with Crippen molar-refractivity contribution in [2.75, 3.05) is 20.8 Å². The van der Waals surface area contributed by atoms with E-state index in [1.165, 1.54) is 14.2 Å². The minimum Gasteiger partial charge on any atom is -0.453 e. The number of hydrogen-bond donors (Lipinski definition) is 5. The summed E-state index contributed by atoms with van der Waals surface area (Å²) in [5.41, 5.74) is 8.03. The van der Waals surface area contributed by atoms with Crippen molar-refractivity contribution in [1.82, 2.24) is 40.4 Å². The number of imidazole rings is 2. The smallest absolute Gasteiger partial charge is 0.407 e. The molecule has 3 aromatic carbocycles. The SMILES string of the molecule is COC(=O)N[C@H](C(=O)N1[C@@H]2CC[C@@H](C2)[C@H]1c1nc2ccc(-c3ccc4c(c3)C(=O)c3cc(-c5cnc([C@@H]6CCCN6C(=O)[C@@H](NC(O)OC)C(C)C)[nH]5)ccc3-4)cc2[nH]1)C(C)C. The molecule has 15 heteroatoms. The average molecular weight is 843 g/mol. The molecule has 0 spiro atoms. The van der Waals surface area contributed by atoms with Gasteiger partial charge in [-0.05, 0) is 96.4 Å². The van der Waals surface area contributed by atoms with E-state index in [0.717, 1.165) is 82.5 Å². The standard InChI is InChI=1S/C47H54N8O7/c1-23(2)38(52-46(59)61-5)44(57)54-17-7-8-37(54)42-48-22-36(51-42)27-11-15-31-30-14-10-25(19-32(30)41(56)33(31)20-27)26-12-16-34-35(21-26)50-43(49-34)40-28-9-13-29(18-28)55(40)45(58)39(24(3)4)53-47(60)62-6/h10-12,14-16,19-24,28-29,37-40,46,52,59H,7-9,13,17-18H2,1-6H3,(H,48,51)(H,49,50)(H,53,60)/t28-,29+,37-,38-,39-,40-,46?/m0/s1. The van der Waals surface area contributed by atoms with Crippen LogP contribution in [-0.4, -0.2) is 104 Å². The second kappa shape index (κ2) is 16.4. The number of aliphatic hydroxyl groups is 1. The van der Waals surface area contributed by atoms with Crippen LogP contribution in [0.1, 0.15) is 99.5 Å². The van der Waals surface area contributed by atoms with Crippen LogP contribution < -0.4 is 10.6 Å². The van der Waals surface area contributed by atoms with Crippen LogP contribution in [0.4, 0.5) is 4.79 Å². The van der Waals surface area contributed by atoms with Gasteiger partial charge in [-0.25, -0.2) is 14.8 Å². The summed E-state index contributed by atoms with van der Waals surface area (Å²) < 4.78 is 9.80. The lowest BCUT2D eigenvalue weighted by atomic mass is 9.95. The molecule has 1 saturated carbocycles. The molecule has 2 bridgehead atoms. The zero-order chi connectivity index (χ0) is 43.6. The van der Waals surface area contributed by atoms with Gasteiger partial charge in [0.1, 0.15) is 17.7 Å². The number of rotatable bonds is 12. The van der Waals surface area contributed by atoms with E-state index in [9.17, 15) is 24.3 Å². The van der Waals surface area contributed by atoms with Crippen LogP contribution in [0, 0.1) is 17.8 Å². The van der Waals surface area contributed by atoms with Crippen LogP contribution in [0.5, 0.6) is 0 Å². The Balaban J connectivity index is 0.934. The summed E-state index contributed by atoms with van der Waals surface area (Å²) in [6, 6.07) is 16.2. The average Bonchev–Trinajstić information content (AvgIpc) is 4.14. The summed E-state index contributed by atoms with van der Waals surface area (Å²) >= 11 is 0. The molecule has 15 nitrogen and oxygen atoms in total. The monoisotopic (exact) mass is 842 g/mol. The number of aromatic nitrogens is 4. The first-order valence-corrected chi connectivity index (χ1v) is 21.7. The van der Waals surface area contributed by atoms with Crippen molar-refractivity contribution in [2.24, 2.45) is 17.8 Å². The Kier molecular flexibility index (Phi) is 11.0. The molecule has 3 fully saturated rings. The molecule has 2 aliphatic heterocycles. The number of ether oxygens (including phenoxy) is 2. The number of piperidine rings is 1. The molecule has 2 aromatic heterocycles. The van der Waals surface area contributed by atoms with E-state index < -0.39 is 24.6 Å². The zero-order valence-corrected chi connectivity index (χ0v) is 35.9. The van der Waals surface area contributed by atoms with Crippen molar-refractivity contribution in [3.8, 4) is 33.5 Å². The van der Waals surface area contributed by atoms with E-state index in [1.54, 1.807) is 6.20 Å². The van der Waals surface area contributed by atoms with E-state index >= 15 is 0 Å². The third-order valence-electron chi connectivity index (χ3n) is 13.4. The maximum atomic E-state index is 14.1. The lowest BCUT2D eigenvalue weighted by molar-refractivity contribution is -0.145. The number of hydrogen-bond acceptors (Lipinski definition) is 10.